The minimum Gasteiger partial charge on any atom is -0.549 e. The van der Waals surface area contributed by atoms with Crippen LogP contribution in [0.3, 0.4) is 0 Å². The van der Waals surface area contributed by atoms with Gasteiger partial charge in [0.15, 0.2) is 5.69 Å². The number of aromatic nitrogens is 2. The molecule has 2 aromatic rings. The molecular weight excluding hydrogens is 474 g/mol. The van der Waals surface area contributed by atoms with Crippen LogP contribution in [0.15, 0.2) is 29.1 Å². The van der Waals surface area contributed by atoms with E-state index in [1.165, 1.54) is 28.8 Å². The van der Waals surface area contributed by atoms with Crippen molar-refractivity contribution in [2.75, 3.05) is 6.54 Å². The SMILES string of the molecule is CC(C)(C)c1nc(C(=O)NCc2ccc(F)cc2)c(O)c(=O)n1CCC[N-]S(=O)(=O)C1CC1.[Na+]. The van der Waals surface area contributed by atoms with Crippen LogP contribution >= 0.6 is 0 Å². The number of carbonyl (C=O) groups excluding carboxylic acids is 1. The Bertz CT molecular complexity index is 1190. The average Bonchev–Trinajstić information content (AvgIpc) is 3.58. The van der Waals surface area contributed by atoms with Crippen LogP contribution in [0.4, 0.5) is 4.39 Å². The number of hydrogen-bond acceptors (Lipinski definition) is 6. The number of carbonyl (C=O) groups is 1. The van der Waals surface area contributed by atoms with Gasteiger partial charge in [-0.25, -0.2) is 17.8 Å². The summed E-state index contributed by atoms with van der Waals surface area (Å²) in [7, 11) is -3.45. The third-order valence-electron chi connectivity index (χ3n) is 5.15. The van der Waals surface area contributed by atoms with E-state index >= 15 is 0 Å². The Hall–Kier alpha value is -1.79. The van der Waals surface area contributed by atoms with E-state index in [-0.39, 0.29) is 66.7 Å². The van der Waals surface area contributed by atoms with Crippen LogP contribution in [-0.2, 0) is 28.5 Å². The summed E-state index contributed by atoms with van der Waals surface area (Å²) >= 11 is 0. The molecule has 0 radical (unpaired) electrons. The van der Waals surface area contributed by atoms with Gasteiger partial charge in [0, 0.05) is 23.8 Å². The van der Waals surface area contributed by atoms with E-state index in [1.54, 1.807) is 0 Å². The smallest absolute Gasteiger partial charge is 0.549 e. The zero-order chi connectivity index (χ0) is 24.4. The molecule has 0 bridgehead atoms. The number of amides is 1. The van der Waals surface area contributed by atoms with E-state index in [0.717, 1.165) is 0 Å². The average molecular weight is 503 g/mol. The van der Waals surface area contributed by atoms with E-state index in [2.05, 4.69) is 15.0 Å². The van der Waals surface area contributed by atoms with E-state index in [4.69, 9.17) is 0 Å². The van der Waals surface area contributed by atoms with Crippen molar-refractivity contribution in [2.24, 2.45) is 0 Å². The molecule has 1 aromatic heterocycles. The Balaban J connectivity index is 0.00000408. The number of hydrogen-bond donors (Lipinski definition) is 2. The molecule has 2 N–H and O–H groups in total. The second kappa shape index (κ2) is 11.3. The summed E-state index contributed by atoms with van der Waals surface area (Å²) in [6.45, 7) is 5.60. The number of aromatic hydroxyl groups is 1. The van der Waals surface area contributed by atoms with Crippen molar-refractivity contribution in [2.45, 2.75) is 63.8 Å². The van der Waals surface area contributed by atoms with Gasteiger partial charge in [-0.15, -0.1) is 6.54 Å². The summed E-state index contributed by atoms with van der Waals surface area (Å²) in [5.41, 5.74) is -1.19. The summed E-state index contributed by atoms with van der Waals surface area (Å²) in [5.74, 6) is -1.65. The summed E-state index contributed by atoms with van der Waals surface area (Å²) < 4.78 is 41.9. The van der Waals surface area contributed by atoms with E-state index in [1.807, 2.05) is 20.8 Å². The molecule has 0 spiro atoms. The number of nitrogens with zero attached hydrogens (tertiary/aromatic N) is 3. The molecule has 34 heavy (non-hydrogen) atoms. The molecule has 0 atom stereocenters. The molecule has 1 aromatic carbocycles. The third-order valence-corrected chi connectivity index (χ3v) is 7.01. The first-order valence-corrected chi connectivity index (χ1v) is 12.2. The molecule has 1 aliphatic rings. The normalized spacial score (nSPS) is 13.9. The maximum atomic E-state index is 13.0. The molecule has 1 fully saturated rings. The van der Waals surface area contributed by atoms with Gasteiger partial charge in [-0.1, -0.05) is 39.3 Å². The molecule has 9 nitrogen and oxygen atoms in total. The molecule has 0 aliphatic heterocycles. The van der Waals surface area contributed by atoms with Gasteiger partial charge in [0.2, 0.25) is 5.75 Å². The number of benzene rings is 1. The van der Waals surface area contributed by atoms with E-state index < -0.39 is 44.2 Å². The number of sulfonamides is 1. The summed E-state index contributed by atoms with van der Waals surface area (Å²) in [4.78, 5) is 29.8. The Morgan fingerprint density at radius 2 is 1.88 bits per heavy atom. The summed E-state index contributed by atoms with van der Waals surface area (Å²) in [6.07, 6.45) is 1.51. The Morgan fingerprint density at radius 1 is 1.26 bits per heavy atom. The van der Waals surface area contributed by atoms with Crippen molar-refractivity contribution in [3.63, 3.8) is 0 Å². The van der Waals surface area contributed by atoms with Crippen molar-refractivity contribution >= 4 is 15.9 Å². The molecule has 3 rings (SSSR count). The van der Waals surface area contributed by atoms with E-state index in [9.17, 15) is 27.5 Å². The largest absolute Gasteiger partial charge is 1.00 e. The number of nitrogens with one attached hydrogen (secondary N) is 1. The predicted molar refractivity (Wildman–Crippen MR) is 121 cm³/mol. The molecule has 1 saturated carbocycles. The fraction of sp³-hybridized carbons (Fsp3) is 0.500. The molecule has 0 saturated heterocycles. The topological polar surface area (TPSA) is 132 Å². The van der Waals surface area contributed by atoms with Crippen molar-refractivity contribution in [1.82, 2.24) is 14.9 Å². The van der Waals surface area contributed by atoms with Gasteiger partial charge in [-0.05, 0) is 30.5 Å². The van der Waals surface area contributed by atoms with Crippen molar-refractivity contribution in [1.29, 1.82) is 0 Å². The molecule has 1 amide bonds. The summed E-state index contributed by atoms with van der Waals surface area (Å²) in [6, 6.07) is 5.54. The first-order valence-electron chi connectivity index (χ1n) is 10.7. The van der Waals surface area contributed by atoms with Gasteiger partial charge in [0.25, 0.3) is 11.5 Å². The minimum absolute atomic E-state index is 0. The molecule has 12 heteroatoms. The fourth-order valence-corrected chi connectivity index (χ4v) is 4.57. The fourth-order valence-electron chi connectivity index (χ4n) is 3.24. The molecule has 180 valence electrons. The second-order valence-electron chi connectivity index (χ2n) is 9.07. The Labute approximate surface area is 220 Å². The van der Waals surface area contributed by atoms with Crippen LogP contribution in [-0.4, -0.2) is 40.8 Å². The maximum Gasteiger partial charge on any atom is 1.00 e. The van der Waals surface area contributed by atoms with Crippen LogP contribution in [0, 0.1) is 5.82 Å². The quantitative estimate of drug-likeness (QED) is 0.354. The van der Waals surface area contributed by atoms with Gasteiger partial charge in [-0.2, -0.15) is 0 Å². The van der Waals surface area contributed by atoms with Gasteiger partial charge < -0.3 is 15.1 Å². The maximum absolute atomic E-state index is 13.0. The van der Waals surface area contributed by atoms with E-state index in [0.29, 0.717) is 18.4 Å². The van der Waals surface area contributed by atoms with Crippen molar-refractivity contribution < 1.29 is 52.3 Å². The van der Waals surface area contributed by atoms with Gasteiger partial charge in [0.05, 0.1) is 10.0 Å². The first-order chi connectivity index (χ1) is 15.4. The minimum atomic E-state index is -3.45. The zero-order valence-corrected chi connectivity index (χ0v) is 22.7. The van der Waals surface area contributed by atoms with Gasteiger partial charge in [0.1, 0.15) is 11.6 Å². The molecule has 1 aliphatic carbocycles. The van der Waals surface area contributed by atoms with Crippen LogP contribution < -0.4 is 40.4 Å². The predicted octanol–water partition coefficient (Wildman–Crippen LogP) is -0.424. The van der Waals surface area contributed by atoms with Crippen molar-refractivity contribution in [3.8, 4) is 5.75 Å². The van der Waals surface area contributed by atoms with Crippen LogP contribution in [0.5, 0.6) is 5.75 Å². The first kappa shape index (κ1) is 28.4. The van der Waals surface area contributed by atoms with Crippen LogP contribution in [0.25, 0.3) is 4.72 Å². The van der Waals surface area contributed by atoms with Crippen molar-refractivity contribution in [3.05, 3.63) is 62.2 Å². The van der Waals surface area contributed by atoms with Crippen LogP contribution in [0.1, 0.15) is 61.9 Å². The third kappa shape index (κ3) is 7.11. The van der Waals surface area contributed by atoms with Crippen LogP contribution in [0.2, 0.25) is 0 Å². The monoisotopic (exact) mass is 502 g/mol. The van der Waals surface area contributed by atoms with Gasteiger partial charge in [-0.3, -0.25) is 14.2 Å². The summed E-state index contributed by atoms with van der Waals surface area (Å²) in [5, 5.41) is 12.6. The number of halogens is 1. The standard InChI is InChI=1S/C22H28FN4O5S.Na/c1-22(2,3)21-26-17(19(29)24-13-14-5-7-15(23)8-6-14)18(28)20(30)27(21)12-4-11-25-33(31,32)16-9-10-16;/h5-8,16H,4,9-13H2,1-3H3,(H2,24,28,29);/q-1;+1. The van der Waals surface area contributed by atoms with Gasteiger partial charge >= 0.3 is 29.6 Å². The Kier molecular flexibility index (Phi) is 9.45. The molecule has 0 unspecified atom stereocenters. The number of rotatable bonds is 9. The molecular formula is C22H28FN4NaO5S. The Morgan fingerprint density at radius 3 is 2.44 bits per heavy atom. The zero-order valence-electron chi connectivity index (χ0n) is 19.8. The second-order valence-corrected chi connectivity index (χ2v) is 11.0. The molecule has 1 heterocycles.